The highest BCUT2D eigenvalue weighted by atomic mass is 127. The zero-order valence-corrected chi connectivity index (χ0v) is 20.0. The molecule has 0 saturated carbocycles. The number of nitrogens with zero attached hydrogens (tertiary/aromatic N) is 2. The van der Waals surface area contributed by atoms with Gasteiger partial charge in [-0.05, 0) is 40.5 Å². The van der Waals surface area contributed by atoms with Crippen LogP contribution in [0.25, 0.3) is 0 Å². The molecule has 2 rings (SSSR count). The van der Waals surface area contributed by atoms with Crippen molar-refractivity contribution >= 4 is 57.2 Å². The molecule has 0 spiro atoms. The third-order valence-corrected chi connectivity index (χ3v) is 5.04. The van der Waals surface area contributed by atoms with Crippen LogP contribution in [-0.2, 0) is 13.0 Å². The minimum atomic E-state index is 0. The molecule has 2 aromatic rings. The lowest BCUT2D eigenvalue weighted by Gasteiger charge is -2.14. The van der Waals surface area contributed by atoms with E-state index in [1.807, 2.05) is 18.3 Å². The maximum atomic E-state index is 5.37. The Bertz CT molecular complexity index is 740. The molecule has 0 radical (unpaired) electrons. The molecule has 0 atom stereocenters. The third-order valence-electron chi connectivity index (χ3n) is 3.48. The topological polar surface area (TPSA) is 67.8 Å². The summed E-state index contributed by atoms with van der Waals surface area (Å²) in [6.07, 6.45) is 2.78. The van der Waals surface area contributed by atoms with Crippen LogP contribution in [0.3, 0.4) is 0 Å². The minimum absolute atomic E-state index is 0. The molecule has 2 N–H and O–H groups in total. The fraction of sp³-hybridized carbons (Fsp3) is 0.412. The first-order valence-corrected chi connectivity index (χ1v) is 9.44. The second-order valence-corrected chi connectivity index (χ2v) is 7.45. The van der Waals surface area contributed by atoms with E-state index in [2.05, 4.69) is 43.5 Å². The molecule has 0 bridgehead atoms. The molecule has 0 aliphatic rings. The molecule has 0 aliphatic carbocycles. The number of ether oxygens (including phenoxy) is 2. The number of aliphatic imine (C=N–C) groups is 1. The fourth-order valence-electron chi connectivity index (χ4n) is 2.28. The molecule has 26 heavy (non-hydrogen) atoms. The van der Waals surface area contributed by atoms with Gasteiger partial charge in [0, 0.05) is 37.6 Å². The summed E-state index contributed by atoms with van der Waals surface area (Å²) in [5.41, 5.74) is 1.06. The number of aryl methyl sites for hydroxylation is 1. The zero-order chi connectivity index (χ0) is 18.2. The normalized spacial score (nSPS) is 10.9. The van der Waals surface area contributed by atoms with Crippen molar-refractivity contribution in [2.24, 2.45) is 4.99 Å². The highest BCUT2D eigenvalue weighted by molar-refractivity contribution is 14.0. The Balaban J connectivity index is 0.00000338. The van der Waals surface area contributed by atoms with Gasteiger partial charge in [-0.2, -0.15) is 0 Å². The zero-order valence-electron chi connectivity index (χ0n) is 15.3. The molecule has 0 saturated heterocycles. The van der Waals surface area contributed by atoms with Crippen LogP contribution < -0.4 is 20.1 Å². The first-order chi connectivity index (χ1) is 12.1. The quantitative estimate of drug-likeness (QED) is 0.310. The summed E-state index contributed by atoms with van der Waals surface area (Å²) in [6.45, 7) is 3.47. The Hall–Kier alpha value is -1.07. The maximum Gasteiger partial charge on any atom is 0.191 e. The van der Waals surface area contributed by atoms with Gasteiger partial charge in [0.2, 0.25) is 0 Å². The second-order valence-electron chi connectivity index (χ2n) is 5.28. The Morgan fingerprint density at radius 1 is 1.27 bits per heavy atom. The van der Waals surface area contributed by atoms with E-state index in [1.54, 1.807) is 32.6 Å². The van der Waals surface area contributed by atoms with Gasteiger partial charge >= 0.3 is 0 Å². The molecular weight excluding hydrogens is 531 g/mol. The molecule has 0 fully saturated rings. The molecule has 0 aliphatic heterocycles. The van der Waals surface area contributed by atoms with Gasteiger partial charge < -0.3 is 20.1 Å². The lowest BCUT2D eigenvalue weighted by atomic mass is 10.2. The summed E-state index contributed by atoms with van der Waals surface area (Å²) in [6, 6.07) is 3.95. The Labute approximate surface area is 184 Å². The number of hydrogen-bond donors (Lipinski definition) is 2. The molecule has 0 unspecified atom stereocenters. The van der Waals surface area contributed by atoms with Crippen molar-refractivity contribution in [1.29, 1.82) is 0 Å². The van der Waals surface area contributed by atoms with E-state index in [9.17, 15) is 0 Å². The summed E-state index contributed by atoms with van der Waals surface area (Å²) < 4.78 is 11.6. The van der Waals surface area contributed by atoms with Crippen LogP contribution >= 0.6 is 51.2 Å². The van der Waals surface area contributed by atoms with Crippen molar-refractivity contribution in [2.45, 2.75) is 19.9 Å². The maximum absolute atomic E-state index is 5.37. The highest BCUT2D eigenvalue weighted by Crippen LogP contribution is 2.36. The van der Waals surface area contributed by atoms with Crippen LogP contribution in [0.4, 0.5) is 0 Å². The van der Waals surface area contributed by atoms with Crippen molar-refractivity contribution in [1.82, 2.24) is 15.6 Å². The van der Waals surface area contributed by atoms with Gasteiger partial charge in [-0.15, -0.1) is 35.3 Å². The Kier molecular flexibility index (Phi) is 10.3. The molecule has 0 amide bonds. The van der Waals surface area contributed by atoms with Gasteiger partial charge in [0.25, 0.3) is 0 Å². The average molecular weight is 555 g/mol. The largest absolute Gasteiger partial charge is 0.493 e. The van der Waals surface area contributed by atoms with E-state index in [-0.39, 0.29) is 24.0 Å². The predicted octanol–water partition coefficient (Wildman–Crippen LogP) is 3.76. The van der Waals surface area contributed by atoms with Gasteiger partial charge in [0.1, 0.15) is 0 Å². The van der Waals surface area contributed by atoms with Crippen LogP contribution in [0.15, 0.2) is 27.8 Å². The van der Waals surface area contributed by atoms with Crippen LogP contribution in [0.1, 0.15) is 15.4 Å². The fourth-order valence-corrected chi connectivity index (χ4v) is 3.72. The van der Waals surface area contributed by atoms with Gasteiger partial charge in [-0.25, -0.2) is 4.98 Å². The molecule has 144 valence electrons. The average Bonchev–Trinajstić information content (AvgIpc) is 3.02. The lowest BCUT2D eigenvalue weighted by molar-refractivity contribution is 0.352. The van der Waals surface area contributed by atoms with E-state index in [0.29, 0.717) is 18.0 Å². The van der Waals surface area contributed by atoms with Gasteiger partial charge in [-0.1, -0.05) is 0 Å². The number of aromatic nitrogens is 1. The van der Waals surface area contributed by atoms with Crippen molar-refractivity contribution in [2.75, 3.05) is 27.8 Å². The summed E-state index contributed by atoms with van der Waals surface area (Å²) in [4.78, 5) is 9.85. The Morgan fingerprint density at radius 2 is 2.04 bits per heavy atom. The first-order valence-electron chi connectivity index (χ1n) is 7.83. The third kappa shape index (κ3) is 6.58. The van der Waals surface area contributed by atoms with E-state index >= 15 is 0 Å². The van der Waals surface area contributed by atoms with E-state index in [1.165, 1.54) is 4.88 Å². The van der Waals surface area contributed by atoms with Crippen LogP contribution in [-0.4, -0.2) is 38.8 Å². The molecule has 1 aromatic heterocycles. The number of hydrogen-bond acceptors (Lipinski definition) is 5. The van der Waals surface area contributed by atoms with Crippen molar-refractivity contribution < 1.29 is 9.47 Å². The van der Waals surface area contributed by atoms with Gasteiger partial charge in [0.15, 0.2) is 17.5 Å². The number of rotatable bonds is 7. The second kappa shape index (κ2) is 11.6. The SMILES string of the molecule is CN=C(NCCc1ncc(C)s1)NCc1cc(Br)c(OC)c(OC)c1.I. The molecule has 1 aromatic carbocycles. The summed E-state index contributed by atoms with van der Waals surface area (Å²) in [5, 5.41) is 7.73. The number of nitrogens with one attached hydrogen (secondary N) is 2. The van der Waals surface area contributed by atoms with E-state index in [0.717, 1.165) is 34.0 Å². The van der Waals surface area contributed by atoms with E-state index < -0.39 is 0 Å². The van der Waals surface area contributed by atoms with Gasteiger partial charge in [-0.3, -0.25) is 4.99 Å². The molecule has 6 nitrogen and oxygen atoms in total. The summed E-state index contributed by atoms with van der Waals surface area (Å²) >= 11 is 5.23. The molecular formula is C17H24BrIN4O2S. The monoisotopic (exact) mass is 554 g/mol. The number of guanidine groups is 1. The van der Waals surface area contributed by atoms with Gasteiger partial charge in [0.05, 0.1) is 23.7 Å². The number of methoxy groups -OCH3 is 2. The smallest absolute Gasteiger partial charge is 0.191 e. The van der Waals surface area contributed by atoms with E-state index in [4.69, 9.17) is 9.47 Å². The highest BCUT2D eigenvalue weighted by Gasteiger charge is 2.10. The number of benzene rings is 1. The van der Waals surface area contributed by atoms with Crippen molar-refractivity contribution in [3.8, 4) is 11.5 Å². The Morgan fingerprint density at radius 3 is 2.62 bits per heavy atom. The van der Waals surface area contributed by atoms with Crippen molar-refractivity contribution in [3.63, 3.8) is 0 Å². The summed E-state index contributed by atoms with van der Waals surface area (Å²) in [7, 11) is 5.01. The molecule has 1 heterocycles. The number of halogens is 2. The van der Waals surface area contributed by atoms with Crippen molar-refractivity contribution in [3.05, 3.63) is 38.3 Å². The standard InChI is InChI=1S/C17H23BrN4O2S.HI/c1-11-9-21-15(25-11)5-6-20-17(19-2)22-10-12-7-13(18)16(24-4)14(8-12)23-3;/h7-9H,5-6,10H2,1-4H3,(H2,19,20,22);1H. The van der Waals surface area contributed by atoms with Crippen LogP contribution in [0.2, 0.25) is 0 Å². The molecule has 9 heteroatoms. The summed E-state index contributed by atoms with van der Waals surface area (Å²) in [5.74, 6) is 2.13. The van der Waals surface area contributed by atoms with Crippen LogP contribution in [0.5, 0.6) is 11.5 Å². The van der Waals surface area contributed by atoms with Crippen LogP contribution in [0, 0.1) is 6.92 Å². The first kappa shape index (κ1) is 23.0. The minimum Gasteiger partial charge on any atom is -0.493 e. The number of thiazole rings is 1. The predicted molar refractivity (Wildman–Crippen MR) is 121 cm³/mol. The lowest BCUT2D eigenvalue weighted by Crippen LogP contribution is -2.37.